The number of rotatable bonds is 0. The molecule has 0 radical (unpaired) electrons. The van der Waals surface area contributed by atoms with Crippen LogP contribution in [-0.4, -0.2) is 13.2 Å². The second-order valence-electron chi connectivity index (χ2n) is 2.56. The fraction of sp³-hybridized carbons (Fsp3) is 0.222. The summed E-state index contributed by atoms with van der Waals surface area (Å²) in [4.78, 5) is 0. The minimum Gasteiger partial charge on any atom is -0.373 e. The molecule has 2 aliphatic rings. The van der Waals surface area contributed by atoms with Crippen LogP contribution in [0.25, 0.3) is 0 Å². The van der Waals surface area contributed by atoms with E-state index in [0.29, 0.717) is 13.2 Å². The Morgan fingerprint density at radius 3 is 3.25 bits per heavy atom. The summed E-state index contributed by atoms with van der Waals surface area (Å²) in [5, 5.41) is 12.7. The van der Waals surface area contributed by atoms with Gasteiger partial charge in [0, 0.05) is 0 Å². The maximum Gasteiger partial charge on any atom is 0.100 e. The molecule has 2 rings (SSSR count). The molecule has 0 saturated heterocycles. The van der Waals surface area contributed by atoms with Crippen molar-refractivity contribution in [1.29, 1.82) is 5.26 Å². The number of allylic oxidation sites excluding steroid dienone is 1. The van der Waals surface area contributed by atoms with Gasteiger partial charge in [-0.05, 0) is 28.0 Å². The molecular weight excluding hydrogens is 170 g/mol. The summed E-state index contributed by atoms with van der Waals surface area (Å²) < 4.78 is 5.24. The standard InChI is InChI=1S/C9H7NOS/c10-3-7-5-12-6-8-4-11-2-1-9(7)8/h1,5-6H,2,4H2. The van der Waals surface area contributed by atoms with Crippen LogP contribution in [0.5, 0.6) is 0 Å². The molecule has 0 aromatic rings. The fourth-order valence-corrected chi connectivity index (χ4v) is 1.98. The lowest BCUT2D eigenvalue weighted by molar-refractivity contribution is 0.181. The van der Waals surface area contributed by atoms with E-state index in [1.165, 1.54) is 0 Å². The third-order valence-electron chi connectivity index (χ3n) is 1.82. The normalized spacial score (nSPS) is 21.4. The number of fused-ring (bicyclic) bond motifs is 1. The highest BCUT2D eigenvalue weighted by Gasteiger charge is 2.16. The first kappa shape index (κ1) is 7.66. The maximum atomic E-state index is 8.79. The summed E-state index contributed by atoms with van der Waals surface area (Å²) >= 11 is 1.55. The van der Waals surface area contributed by atoms with Crippen LogP contribution in [0.1, 0.15) is 0 Å². The van der Waals surface area contributed by atoms with E-state index >= 15 is 0 Å². The molecule has 0 amide bonds. The third kappa shape index (κ3) is 1.20. The summed E-state index contributed by atoms with van der Waals surface area (Å²) in [6.45, 7) is 1.26. The van der Waals surface area contributed by atoms with Crippen LogP contribution in [0.3, 0.4) is 0 Å². The lowest BCUT2D eigenvalue weighted by atomic mass is 10.00. The third-order valence-corrected chi connectivity index (χ3v) is 2.61. The molecule has 0 N–H and O–H groups in total. The van der Waals surface area contributed by atoms with E-state index in [1.807, 2.05) is 16.9 Å². The highest BCUT2D eigenvalue weighted by Crippen LogP contribution is 2.31. The first-order valence-electron chi connectivity index (χ1n) is 3.65. The van der Waals surface area contributed by atoms with Crippen molar-refractivity contribution in [2.24, 2.45) is 0 Å². The minimum absolute atomic E-state index is 0.621. The average molecular weight is 177 g/mol. The van der Waals surface area contributed by atoms with Gasteiger partial charge in [-0.3, -0.25) is 0 Å². The van der Waals surface area contributed by atoms with Crippen LogP contribution in [0.2, 0.25) is 0 Å². The Bertz CT molecular complexity index is 333. The number of nitriles is 1. The molecule has 0 aromatic carbocycles. The predicted molar refractivity (Wildman–Crippen MR) is 48.3 cm³/mol. The van der Waals surface area contributed by atoms with Crippen LogP contribution >= 0.6 is 11.8 Å². The van der Waals surface area contributed by atoms with Crippen LogP contribution in [0, 0.1) is 11.3 Å². The number of hydrogen-bond donors (Lipinski definition) is 0. The summed E-state index contributed by atoms with van der Waals surface area (Å²) in [6.07, 6.45) is 1.96. The lowest BCUT2D eigenvalue weighted by Crippen LogP contribution is -2.10. The zero-order valence-electron chi connectivity index (χ0n) is 6.41. The van der Waals surface area contributed by atoms with Gasteiger partial charge in [-0.1, -0.05) is 0 Å². The molecule has 0 aliphatic carbocycles. The summed E-state index contributed by atoms with van der Waals surface area (Å²) in [6, 6.07) is 2.18. The number of hydrogen-bond acceptors (Lipinski definition) is 3. The molecule has 3 heteroatoms. The van der Waals surface area contributed by atoms with E-state index in [2.05, 4.69) is 6.07 Å². The second kappa shape index (κ2) is 3.18. The van der Waals surface area contributed by atoms with Crippen molar-refractivity contribution in [3.05, 3.63) is 33.6 Å². The van der Waals surface area contributed by atoms with Gasteiger partial charge in [0.25, 0.3) is 0 Å². The quantitative estimate of drug-likeness (QED) is 0.567. The van der Waals surface area contributed by atoms with Crippen LogP contribution < -0.4 is 0 Å². The molecule has 12 heavy (non-hydrogen) atoms. The number of ether oxygens (including phenoxy) is 1. The van der Waals surface area contributed by atoms with Crippen LogP contribution in [-0.2, 0) is 4.74 Å². The Kier molecular flexibility index (Phi) is 2.03. The molecule has 0 aromatic heterocycles. The average Bonchev–Trinajstić information content (AvgIpc) is 2.17. The van der Waals surface area contributed by atoms with Crippen LogP contribution in [0.15, 0.2) is 33.6 Å². The Balaban J connectivity index is 2.39. The van der Waals surface area contributed by atoms with E-state index in [1.54, 1.807) is 11.8 Å². The van der Waals surface area contributed by atoms with Gasteiger partial charge in [0.15, 0.2) is 0 Å². The van der Waals surface area contributed by atoms with Crippen molar-refractivity contribution in [2.45, 2.75) is 0 Å². The van der Waals surface area contributed by atoms with Gasteiger partial charge in [-0.2, -0.15) is 5.26 Å². The highest BCUT2D eigenvalue weighted by atomic mass is 32.2. The number of thioether (sulfide) groups is 1. The van der Waals surface area contributed by atoms with Gasteiger partial charge < -0.3 is 4.74 Å². The second-order valence-corrected chi connectivity index (χ2v) is 3.30. The molecule has 60 valence electrons. The molecule has 0 atom stereocenters. The van der Waals surface area contributed by atoms with Gasteiger partial charge in [-0.25, -0.2) is 0 Å². The molecule has 0 spiro atoms. The molecule has 0 unspecified atom stereocenters. The SMILES string of the molecule is N#CC1=CSC=C2COCC=C12. The van der Waals surface area contributed by atoms with Crippen molar-refractivity contribution in [3.8, 4) is 6.07 Å². The van der Waals surface area contributed by atoms with E-state index in [9.17, 15) is 0 Å². The van der Waals surface area contributed by atoms with Gasteiger partial charge in [0.1, 0.15) is 6.07 Å². The molecule has 2 heterocycles. The van der Waals surface area contributed by atoms with Crippen molar-refractivity contribution >= 4 is 11.8 Å². The van der Waals surface area contributed by atoms with E-state index in [0.717, 1.165) is 16.7 Å². The van der Waals surface area contributed by atoms with Gasteiger partial charge in [0.2, 0.25) is 0 Å². The molecule has 0 saturated carbocycles. The van der Waals surface area contributed by atoms with E-state index in [-0.39, 0.29) is 0 Å². The minimum atomic E-state index is 0.621. The number of nitrogens with zero attached hydrogens (tertiary/aromatic N) is 1. The van der Waals surface area contributed by atoms with E-state index < -0.39 is 0 Å². The Labute approximate surface area is 75.2 Å². The zero-order valence-corrected chi connectivity index (χ0v) is 7.23. The molecule has 0 fully saturated rings. The van der Waals surface area contributed by atoms with Gasteiger partial charge in [0.05, 0.1) is 18.8 Å². The topological polar surface area (TPSA) is 33.0 Å². The first-order chi connectivity index (χ1) is 5.92. The first-order valence-corrected chi connectivity index (χ1v) is 4.59. The Morgan fingerprint density at radius 2 is 2.42 bits per heavy atom. The fourth-order valence-electron chi connectivity index (χ4n) is 1.23. The molecule has 2 nitrogen and oxygen atoms in total. The largest absolute Gasteiger partial charge is 0.373 e. The zero-order chi connectivity index (χ0) is 8.39. The van der Waals surface area contributed by atoms with Gasteiger partial charge in [-0.15, -0.1) is 11.8 Å². The van der Waals surface area contributed by atoms with E-state index in [4.69, 9.17) is 10.00 Å². The van der Waals surface area contributed by atoms with Crippen molar-refractivity contribution in [1.82, 2.24) is 0 Å². The smallest absolute Gasteiger partial charge is 0.100 e. The summed E-state index contributed by atoms with van der Waals surface area (Å²) in [5.41, 5.74) is 2.95. The van der Waals surface area contributed by atoms with Crippen molar-refractivity contribution in [3.63, 3.8) is 0 Å². The highest BCUT2D eigenvalue weighted by molar-refractivity contribution is 8.05. The maximum absolute atomic E-state index is 8.79. The molecule has 0 bridgehead atoms. The molecular formula is C9H7NOS. The van der Waals surface area contributed by atoms with Crippen LogP contribution in [0.4, 0.5) is 0 Å². The van der Waals surface area contributed by atoms with Crippen molar-refractivity contribution < 1.29 is 4.74 Å². The monoisotopic (exact) mass is 177 g/mol. The summed E-state index contributed by atoms with van der Waals surface area (Å²) in [7, 11) is 0. The summed E-state index contributed by atoms with van der Waals surface area (Å²) in [5.74, 6) is 0. The van der Waals surface area contributed by atoms with Gasteiger partial charge >= 0.3 is 0 Å². The Morgan fingerprint density at radius 1 is 1.50 bits per heavy atom. The predicted octanol–water partition coefficient (Wildman–Crippen LogP) is 1.98. The Hall–Kier alpha value is -0.980. The van der Waals surface area contributed by atoms with Crippen molar-refractivity contribution in [2.75, 3.05) is 13.2 Å². The lowest BCUT2D eigenvalue weighted by Gasteiger charge is -2.18. The molecule has 2 aliphatic heterocycles.